The van der Waals surface area contributed by atoms with Crippen LogP contribution in [-0.2, 0) is 32.6 Å². The number of sulfonamides is 1. The van der Waals surface area contributed by atoms with Gasteiger partial charge >= 0.3 is 0 Å². The molecule has 0 spiro atoms. The van der Waals surface area contributed by atoms with Crippen molar-refractivity contribution in [2.24, 2.45) is 0 Å². The van der Waals surface area contributed by atoms with E-state index in [9.17, 15) is 28.1 Å². The molecule has 0 fully saturated rings. The highest BCUT2D eigenvalue weighted by molar-refractivity contribution is 7.92. The number of nitro benzene ring substituents is 1. The predicted octanol–water partition coefficient (Wildman–Crippen LogP) is 5.87. The Morgan fingerprint density at radius 3 is 2.11 bits per heavy atom. The lowest BCUT2D eigenvalue weighted by Gasteiger charge is -2.34. The Morgan fingerprint density at radius 1 is 0.911 bits per heavy atom. The molecule has 0 aliphatic heterocycles. The lowest BCUT2D eigenvalue weighted by Crippen LogP contribution is -2.53. The monoisotopic (exact) mass is 668 g/mol. The molecule has 0 saturated carbocycles. The topological polar surface area (TPSA) is 130 Å². The maximum absolute atomic E-state index is 14.4. The van der Waals surface area contributed by atoms with Gasteiger partial charge in [0, 0.05) is 41.7 Å². The standard InChI is InChI=1S/C32H30Cl2N4O6S/c1-2-35-32(40)30(19-23-9-5-3-6-10-23)36(21-24-13-14-25(33)20-29(24)34)31(39)22-37(26-15-17-27(18-16-26)38(41)42)45(43,44)28-11-7-4-8-12-28/h3-18,20,30H,2,19,21-22H2,1H3,(H,35,40). The molecule has 0 aromatic heterocycles. The molecule has 1 N–H and O–H groups in total. The number of amides is 2. The zero-order valence-electron chi connectivity index (χ0n) is 24.2. The molecule has 234 valence electrons. The van der Waals surface area contributed by atoms with E-state index in [1.54, 1.807) is 37.3 Å². The number of nitrogens with zero attached hydrogens (tertiary/aromatic N) is 3. The van der Waals surface area contributed by atoms with Gasteiger partial charge < -0.3 is 10.2 Å². The number of nitrogens with one attached hydrogen (secondary N) is 1. The molecule has 0 radical (unpaired) electrons. The number of rotatable bonds is 13. The molecule has 2 amide bonds. The van der Waals surface area contributed by atoms with Gasteiger partial charge in [-0.05, 0) is 54.4 Å². The molecule has 13 heteroatoms. The van der Waals surface area contributed by atoms with Gasteiger partial charge in [0.15, 0.2) is 0 Å². The summed E-state index contributed by atoms with van der Waals surface area (Å²) in [5.74, 6) is -1.14. The first-order chi connectivity index (χ1) is 21.5. The Kier molecular flexibility index (Phi) is 11.2. The Hall–Kier alpha value is -4.45. The number of carbonyl (C=O) groups excluding carboxylic acids is 2. The van der Waals surface area contributed by atoms with E-state index in [-0.39, 0.29) is 34.3 Å². The zero-order chi connectivity index (χ0) is 32.6. The summed E-state index contributed by atoms with van der Waals surface area (Å²) in [6, 6.07) is 25.2. The minimum absolute atomic E-state index is 0.0277. The summed E-state index contributed by atoms with van der Waals surface area (Å²) in [6.45, 7) is 1.20. The van der Waals surface area contributed by atoms with Crippen molar-refractivity contribution >= 4 is 56.4 Å². The van der Waals surface area contributed by atoms with Crippen molar-refractivity contribution in [1.82, 2.24) is 10.2 Å². The van der Waals surface area contributed by atoms with Crippen LogP contribution < -0.4 is 9.62 Å². The summed E-state index contributed by atoms with van der Waals surface area (Å²) in [5.41, 5.74) is 1.04. The fraction of sp³-hybridized carbons (Fsp3) is 0.188. The first-order valence-corrected chi connectivity index (χ1v) is 16.1. The van der Waals surface area contributed by atoms with Crippen LogP contribution in [0.4, 0.5) is 11.4 Å². The van der Waals surface area contributed by atoms with Gasteiger partial charge in [-0.1, -0.05) is 77.8 Å². The number of nitro groups is 1. The molecule has 0 aliphatic rings. The van der Waals surface area contributed by atoms with Crippen LogP contribution in [0.3, 0.4) is 0 Å². The lowest BCUT2D eigenvalue weighted by atomic mass is 10.0. The molecule has 4 aromatic rings. The molecule has 0 bridgehead atoms. The molecule has 1 unspecified atom stereocenters. The van der Waals surface area contributed by atoms with Gasteiger partial charge in [-0.2, -0.15) is 0 Å². The Balaban J connectivity index is 1.82. The SMILES string of the molecule is CCNC(=O)C(Cc1ccccc1)N(Cc1ccc(Cl)cc1Cl)C(=O)CN(c1ccc([N+](=O)[O-])cc1)S(=O)(=O)c1ccccc1. The maximum Gasteiger partial charge on any atom is 0.269 e. The van der Waals surface area contributed by atoms with Crippen LogP contribution in [-0.4, -0.2) is 49.2 Å². The van der Waals surface area contributed by atoms with Crippen LogP contribution in [0.5, 0.6) is 0 Å². The van der Waals surface area contributed by atoms with Crippen LogP contribution in [0.2, 0.25) is 10.0 Å². The zero-order valence-corrected chi connectivity index (χ0v) is 26.5. The van der Waals surface area contributed by atoms with Gasteiger partial charge in [0.05, 0.1) is 15.5 Å². The second-order valence-corrected chi connectivity index (χ2v) is 12.7. The Labute approximate surface area is 271 Å². The fourth-order valence-electron chi connectivity index (χ4n) is 4.67. The first kappa shape index (κ1) is 33.4. The third-order valence-electron chi connectivity index (χ3n) is 6.94. The molecular formula is C32H30Cl2N4O6S. The van der Waals surface area contributed by atoms with E-state index in [0.29, 0.717) is 17.1 Å². The molecule has 4 rings (SSSR count). The number of hydrogen-bond acceptors (Lipinski definition) is 6. The number of halogens is 2. The van der Waals surface area contributed by atoms with Gasteiger partial charge in [0.25, 0.3) is 15.7 Å². The van der Waals surface area contributed by atoms with E-state index >= 15 is 0 Å². The second kappa shape index (κ2) is 15.0. The van der Waals surface area contributed by atoms with Crippen LogP contribution in [0.1, 0.15) is 18.1 Å². The molecule has 45 heavy (non-hydrogen) atoms. The molecule has 1 atom stereocenters. The van der Waals surface area contributed by atoms with E-state index < -0.39 is 39.3 Å². The van der Waals surface area contributed by atoms with E-state index in [0.717, 1.165) is 22.0 Å². The van der Waals surface area contributed by atoms with Gasteiger partial charge in [-0.25, -0.2) is 8.42 Å². The minimum Gasteiger partial charge on any atom is -0.355 e. The summed E-state index contributed by atoms with van der Waals surface area (Å²) in [5, 5.41) is 14.7. The fourth-order valence-corrected chi connectivity index (χ4v) is 6.57. The van der Waals surface area contributed by atoms with Crippen LogP contribution in [0.15, 0.2) is 108 Å². The van der Waals surface area contributed by atoms with Crippen LogP contribution in [0, 0.1) is 10.1 Å². The summed E-state index contributed by atoms with van der Waals surface area (Å²) in [6.07, 6.45) is 0.132. The lowest BCUT2D eigenvalue weighted by molar-refractivity contribution is -0.384. The quantitative estimate of drug-likeness (QED) is 0.140. The largest absolute Gasteiger partial charge is 0.355 e. The van der Waals surface area contributed by atoms with Gasteiger partial charge in [0.2, 0.25) is 11.8 Å². The summed E-state index contributed by atoms with van der Waals surface area (Å²) >= 11 is 12.6. The van der Waals surface area contributed by atoms with E-state index in [2.05, 4.69) is 5.32 Å². The predicted molar refractivity (Wildman–Crippen MR) is 174 cm³/mol. The van der Waals surface area contributed by atoms with Crippen molar-refractivity contribution in [3.8, 4) is 0 Å². The number of hydrogen-bond donors (Lipinski definition) is 1. The van der Waals surface area contributed by atoms with E-state index in [1.807, 2.05) is 30.3 Å². The average Bonchev–Trinajstić information content (AvgIpc) is 3.03. The molecule has 10 nitrogen and oxygen atoms in total. The number of carbonyl (C=O) groups is 2. The first-order valence-electron chi connectivity index (χ1n) is 13.9. The number of non-ortho nitro benzene ring substituents is 1. The van der Waals surface area contributed by atoms with Crippen molar-refractivity contribution in [3.05, 3.63) is 134 Å². The van der Waals surface area contributed by atoms with E-state index in [4.69, 9.17) is 23.2 Å². The number of likely N-dealkylation sites (N-methyl/N-ethyl adjacent to an activating group) is 1. The molecular weight excluding hydrogens is 639 g/mol. The second-order valence-electron chi connectivity index (χ2n) is 9.96. The molecule has 0 aliphatic carbocycles. The normalized spacial score (nSPS) is 11.8. The van der Waals surface area contributed by atoms with Gasteiger partial charge in [-0.15, -0.1) is 0 Å². The number of benzene rings is 4. The smallest absolute Gasteiger partial charge is 0.269 e. The third-order valence-corrected chi connectivity index (χ3v) is 9.31. The number of anilines is 1. The molecule has 0 saturated heterocycles. The highest BCUT2D eigenvalue weighted by atomic mass is 35.5. The Morgan fingerprint density at radius 2 is 1.53 bits per heavy atom. The van der Waals surface area contributed by atoms with Gasteiger partial charge in [0.1, 0.15) is 12.6 Å². The van der Waals surface area contributed by atoms with Crippen LogP contribution >= 0.6 is 23.2 Å². The van der Waals surface area contributed by atoms with Gasteiger partial charge in [-0.3, -0.25) is 24.0 Å². The van der Waals surface area contributed by atoms with Crippen molar-refractivity contribution in [1.29, 1.82) is 0 Å². The highest BCUT2D eigenvalue weighted by Crippen LogP contribution is 2.28. The van der Waals surface area contributed by atoms with Crippen molar-refractivity contribution in [3.63, 3.8) is 0 Å². The highest BCUT2D eigenvalue weighted by Gasteiger charge is 2.35. The van der Waals surface area contributed by atoms with Crippen molar-refractivity contribution < 1.29 is 22.9 Å². The third kappa shape index (κ3) is 8.39. The minimum atomic E-state index is -4.35. The van der Waals surface area contributed by atoms with Crippen molar-refractivity contribution in [2.45, 2.75) is 30.8 Å². The summed E-state index contributed by atoms with van der Waals surface area (Å²) in [7, 11) is -4.35. The maximum atomic E-state index is 14.4. The average molecular weight is 670 g/mol. The van der Waals surface area contributed by atoms with Crippen LogP contribution in [0.25, 0.3) is 0 Å². The summed E-state index contributed by atoms with van der Waals surface area (Å²) in [4.78, 5) is 39.8. The summed E-state index contributed by atoms with van der Waals surface area (Å²) < 4.78 is 28.8. The van der Waals surface area contributed by atoms with Crippen molar-refractivity contribution in [2.75, 3.05) is 17.4 Å². The molecule has 0 heterocycles. The Bertz CT molecular complexity index is 1760. The molecule has 4 aromatic carbocycles. The van der Waals surface area contributed by atoms with E-state index in [1.165, 1.54) is 35.2 Å².